The van der Waals surface area contributed by atoms with Gasteiger partial charge in [0, 0.05) is 19.2 Å². The fraction of sp³-hybridized carbons (Fsp3) is 0.167. The minimum Gasteiger partial charge on any atom is -0.465 e. The first-order chi connectivity index (χ1) is 21.1. The van der Waals surface area contributed by atoms with E-state index >= 15 is 0 Å². The number of rotatable bonds is 13. The summed E-state index contributed by atoms with van der Waals surface area (Å²) in [5.74, 6) is 0.782. The molecule has 1 aromatic heterocycles. The summed E-state index contributed by atoms with van der Waals surface area (Å²) in [5.41, 5.74) is 2.77. The maximum absolute atomic E-state index is 13.2. The highest BCUT2D eigenvalue weighted by molar-refractivity contribution is 7.17. The molecule has 0 bridgehead atoms. The van der Waals surface area contributed by atoms with Crippen molar-refractivity contribution in [1.29, 1.82) is 0 Å². The molecule has 0 aliphatic heterocycles. The van der Waals surface area contributed by atoms with Crippen LogP contribution in [0.3, 0.4) is 0 Å². The molecule has 0 saturated heterocycles. The highest BCUT2D eigenvalue weighted by atomic mass is 32.1. The van der Waals surface area contributed by atoms with Crippen molar-refractivity contribution in [3.63, 3.8) is 0 Å². The lowest BCUT2D eigenvalue weighted by atomic mass is 10.1. The SMILES string of the molecule is CC(=O)Nc1nc(CCc2ccc(NC(NC(=O)O)NC(=O)O)cc2)c(C(=O)NCc2ccc(Oc3ccccc3)cc2)s1. The fourth-order valence-electron chi connectivity index (χ4n) is 4.02. The van der Waals surface area contributed by atoms with Crippen LogP contribution in [0.15, 0.2) is 78.9 Å². The average molecular weight is 619 g/mol. The number of hydrogen-bond acceptors (Lipinski definition) is 8. The van der Waals surface area contributed by atoms with E-state index in [1.807, 2.05) is 65.2 Å². The number of carbonyl (C=O) groups is 4. The molecule has 4 rings (SSSR count). The van der Waals surface area contributed by atoms with E-state index in [1.54, 1.807) is 24.3 Å². The number of thiazole rings is 1. The highest BCUT2D eigenvalue weighted by Gasteiger charge is 2.19. The van der Waals surface area contributed by atoms with Gasteiger partial charge < -0.3 is 30.9 Å². The molecule has 0 saturated carbocycles. The third kappa shape index (κ3) is 9.73. The summed E-state index contributed by atoms with van der Waals surface area (Å²) in [5, 5.41) is 30.5. The zero-order valence-corrected chi connectivity index (χ0v) is 24.3. The quantitative estimate of drug-likeness (QED) is 0.103. The van der Waals surface area contributed by atoms with Crippen LogP contribution in [0.1, 0.15) is 33.4 Å². The lowest BCUT2D eigenvalue weighted by Gasteiger charge is -2.19. The first kappa shape index (κ1) is 31.3. The minimum atomic E-state index is -1.40. The molecule has 7 N–H and O–H groups in total. The van der Waals surface area contributed by atoms with Crippen molar-refractivity contribution < 1.29 is 34.1 Å². The van der Waals surface area contributed by atoms with Gasteiger partial charge in [-0.05, 0) is 60.4 Å². The summed E-state index contributed by atoms with van der Waals surface area (Å²) in [6.07, 6.45) is -3.14. The van der Waals surface area contributed by atoms with E-state index < -0.39 is 18.5 Å². The number of amides is 4. The summed E-state index contributed by atoms with van der Waals surface area (Å²) in [4.78, 5) is 51.5. The van der Waals surface area contributed by atoms with E-state index in [4.69, 9.17) is 14.9 Å². The predicted octanol–water partition coefficient (Wildman–Crippen LogP) is 4.84. The maximum Gasteiger partial charge on any atom is 0.407 e. The van der Waals surface area contributed by atoms with Gasteiger partial charge in [0.15, 0.2) is 11.4 Å². The Morgan fingerprint density at radius 1 is 0.818 bits per heavy atom. The Kier molecular flexibility index (Phi) is 10.7. The van der Waals surface area contributed by atoms with Gasteiger partial charge in [0.25, 0.3) is 5.91 Å². The van der Waals surface area contributed by atoms with Crippen LogP contribution >= 0.6 is 11.3 Å². The van der Waals surface area contributed by atoms with Crippen LogP contribution in [0.2, 0.25) is 0 Å². The number of nitrogens with one attached hydrogen (secondary N) is 5. The molecule has 0 radical (unpaired) electrons. The molecule has 228 valence electrons. The second-order valence-electron chi connectivity index (χ2n) is 9.39. The first-order valence-electron chi connectivity index (χ1n) is 13.4. The van der Waals surface area contributed by atoms with Crippen LogP contribution < -0.4 is 31.3 Å². The maximum atomic E-state index is 13.2. The Morgan fingerprint density at radius 3 is 2.05 bits per heavy atom. The molecule has 4 amide bonds. The Balaban J connectivity index is 1.37. The van der Waals surface area contributed by atoms with Gasteiger partial charge >= 0.3 is 12.2 Å². The molecule has 4 aromatic rings. The Labute approximate surface area is 256 Å². The van der Waals surface area contributed by atoms with Crippen LogP contribution in [0, 0.1) is 0 Å². The monoisotopic (exact) mass is 618 g/mol. The first-order valence-corrected chi connectivity index (χ1v) is 14.2. The van der Waals surface area contributed by atoms with Crippen molar-refractivity contribution in [3.05, 3.63) is 101 Å². The number of carboxylic acid groups (broad SMARTS) is 2. The van der Waals surface area contributed by atoms with E-state index in [-0.39, 0.29) is 18.4 Å². The van der Waals surface area contributed by atoms with Gasteiger partial charge in [0.2, 0.25) is 5.91 Å². The number of ether oxygens (including phenoxy) is 1. The molecule has 0 fully saturated rings. The third-order valence-corrected chi connectivity index (χ3v) is 7.00. The number of aryl methyl sites for hydroxylation is 2. The standard InChI is InChI=1S/C30H30N6O7S/c1-18(37)32-28-34-24(16-11-19-7-12-21(13-8-19)33-27(35-29(39)40)36-30(41)42)25(44-28)26(38)31-17-20-9-14-23(15-10-20)43-22-5-3-2-4-6-22/h2-10,12-15,27,33,35-36H,11,16-17H2,1H3,(H,31,38)(H,39,40)(H,41,42)(H,32,34,37). The normalized spacial score (nSPS) is 10.5. The largest absolute Gasteiger partial charge is 0.465 e. The van der Waals surface area contributed by atoms with Gasteiger partial charge in [-0.1, -0.05) is 53.8 Å². The van der Waals surface area contributed by atoms with Crippen molar-refractivity contribution in [3.8, 4) is 11.5 Å². The summed E-state index contributed by atoms with van der Waals surface area (Å²) < 4.78 is 5.81. The van der Waals surface area contributed by atoms with Crippen molar-refractivity contribution in [2.45, 2.75) is 32.6 Å². The molecule has 0 spiro atoms. The molecule has 1 heterocycles. The molecule has 3 aromatic carbocycles. The summed E-state index contributed by atoms with van der Waals surface area (Å²) >= 11 is 1.09. The summed E-state index contributed by atoms with van der Waals surface area (Å²) in [6, 6.07) is 23.7. The number of anilines is 2. The molecule has 13 nitrogen and oxygen atoms in total. The Morgan fingerprint density at radius 2 is 1.43 bits per heavy atom. The average Bonchev–Trinajstić information content (AvgIpc) is 3.38. The van der Waals surface area contributed by atoms with E-state index in [0.717, 1.165) is 28.2 Å². The lowest BCUT2D eigenvalue weighted by Crippen LogP contribution is -2.52. The van der Waals surface area contributed by atoms with Crippen LogP contribution in [0.5, 0.6) is 11.5 Å². The number of para-hydroxylation sites is 1. The van der Waals surface area contributed by atoms with Gasteiger partial charge in [-0.3, -0.25) is 20.2 Å². The number of hydrogen-bond donors (Lipinski definition) is 7. The molecular weight excluding hydrogens is 588 g/mol. The van der Waals surface area contributed by atoms with E-state index in [9.17, 15) is 19.2 Å². The Hall–Kier alpha value is -5.63. The number of carbonyl (C=O) groups excluding carboxylic acids is 2. The van der Waals surface area contributed by atoms with Crippen LogP contribution in [0.25, 0.3) is 0 Å². The highest BCUT2D eigenvalue weighted by Crippen LogP contribution is 2.25. The van der Waals surface area contributed by atoms with Crippen molar-refractivity contribution in [2.24, 2.45) is 0 Å². The molecule has 0 aliphatic rings. The second kappa shape index (κ2) is 15.0. The molecule has 0 unspecified atom stereocenters. The number of aromatic nitrogens is 1. The molecule has 0 aliphatic carbocycles. The second-order valence-corrected chi connectivity index (χ2v) is 10.4. The molecular formula is C30H30N6O7S. The van der Waals surface area contributed by atoms with Gasteiger partial charge in [-0.25, -0.2) is 14.6 Å². The van der Waals surface area contributed by atoms with Crippen LogP contribution in [-0.4, -0.2) is 45.5 Å². The van der Waals surface area contributed by atoms with E-state index in [1.165, 1.54) is 6.92 Å². The Bertz CT molecular complexity index is 1580. The van der Waals surface area contributed by atoms with Crippen molar-refractivity contribution >= 4 is 46.2 Å². The molecule has 0 atom stereocenters. The van der Waals surface area contributed by atoms with E-state index in [2.05, 4.69) is 20.9 Å². The smallest absolute Gasteiger partial charge is 0.407 e. The predicted molar refractivity (Wildman–Crippen MR) is 164 cm³/mol. The fourth-order valence-corrected chi connectivity index (χ4v) is 4.99. The lowest BCUT2D eigenvalue weighted by molar-refractivity contribution is -0.114. The van der Waals surface area contributed by atoms with Gasteiger partial charge in [0.1, 0.15) is 16.4 Å². The minimum absolute atomic E-state index is 0.278. The van der Waals surface area contributed by atoms with E-state index in [0.29, 0.717) is 40.0 Å². The van der Waals surface area contributed by atoms with Gasteiger partial charge in [-0.15, -0.1) is 0 Å². The van der Waals surface area contributed by atoms with Gasteiger partial charge in [-0.2, -0.15) is 0 Å². The number of nitrogens with zero attached hydrogens (tertiary/aromatic N) is 1. The summed E-state index contributed by atoms with van der Waals surface area (Å²) in [6.45, 7) is 1.64. The van der Waals surface area contributed by atoms with Crippen LogP contribution in [-0.2, 0) is 24.2 Å². The zero-order chi connectivity index (χ0) is 31.5. The summed E-state index contributed by atoms with van der Waals surface area (Å²) in [7, 11) is 0. The molecule has 14 heteroatoms. The number of benzene rings is 3. The van der Waals surface area contributed by atoms with Crippen molar-refractivity contribution in [1.82, 2.24) is 20.9 Å². The van der Waals surface area contributed by atoms with Crippen molar-refractivity contribution in [2.75, 3.05) is 10.6 Å². The van der Waals surface area contributed by atoms with Gasteiger partial charge in [0.05, 0.1) is 5.69 Å². The third-order valence-electron chi connectivity index (χ3n) is 5.99. The zero-order valence-electron chi connectivity index (χ0n) is 23.5. The van der Waals surface area contributed by atoms with Crippen LogP contribution in [0.4, 0.5) is 20.4 Å². The topological polar surface area (TPSA) is 191 Å². The molecule has 44 heavy (non-hydrogen) atoms.